The highest BCUT2D eigenvalue weighted by atomic mass is 16.7. The number of carbonyl (C=O) groups is 1. The Kier molecular flexibility index (Phi) is 2.53. The van der Waals surface area contributed by atoms with Gasteiger partial charge in [-0.05, 0) is 25.0 Å². The predicted octanol–water partition coefficient (Wildman–Crippen LogP) is 1.50. The zero-order valence-electron chi connectivity index (χ0n) is 9.37. The van der Waals surface area contributed by atoms with Crippen molar-refractivity contribution in [3.05, 3.63) is 36.3 Å². The van der Waals surface area contributed by atoms with Crippen molar-refractivity contribution < 1.29 is 9.63 Å². The number of pyridine rings is 1. The van der Waals surface area contributed by atoms with E-state index in [4.69, 9.17) is 4.84 Å². The van der Waals surface area contributed by atoms with Gasteiger partial charge in [-0.3, -0.25) is 9.63 Å². The van der Waals surface area contributed by atoms with Gasteiger partial charge in [-0.15, -0.1) is 0 Å². The fourth-order valence-electron chi connectivity index (χ4n) is 1.92. The average molecular weight is 231 g/mol. The molecule has 1 amide bonds. The monoisotopic (exact) mass is 231 g/mol. The molecule has 2 aromatic heterocycles. The van der Waals surface area contributed by atoms with Gasteiger partial charge in [0.1, 0.15) is 11.3 Å². The Morgan fingerprint density at radius 2 is 2.29 bits per heavy atom. The quantitative estimate of drug-likeness (QED) is 0.747. The first-order chi connectivity index (χ1) is 8.34. The molecule has 3 heterocycles. The summed E-state index contributed by atoms with van der Waals surface area (Å²) in [4.78, 5) is 21.7. The van der Waals surface area contributed by atoms with Crippen molar-refractivity contribution in [2.75, 3.05) is 13.2 Å². The lowest BCUT2D eigenvalue weighted by atomic mass is 10.3. The summed E-state index contributed by atoms with van der Waals surface area (Å²) in [5.41, 5.74) is 1.20. The van der Waals surface area contributed by atoms with Crippen LogP contribution in [0.1, 0.15) is 23.3 Å². The lowest BCUT2D eigenvalue weighted by Gasteiger charge is -2.24. The first-order valence-electron chi connectivity index (χ1n) is 5.73. The van der Waals surface area contributed by atoms with Crippen LogP contribution in [-0.2, 0) is 4.84 Å². The number of aromatic nitrogens is 2. The van der Waals surface area contributed by atoms with Crippen LogP contribution in [0.4, 0.5) is 0 Å². The molecule has 2 aromatic rings. The van der Waals surface area contributed by atoms with Crippen LogP contribution in [0.25, 0.3) is 5.65 Å². The number of hydroxylamine groups is 2. The fraction of sp³-hybridized carbons (Fsp3) is 0.333. The van der Waals surface area contributed by atoms with Gasteiger partial charge in [0.05, 0.1) is 6.61 Å². The van der Waals surface area contributed by atoms with E-state index in [-0.39, 0.29) is 5.91 Å². The minimum atomic E-state index is -0.159. The molecule has 1 fully saturated rings. The van der Waals surface area contributed by atoms with E-state index in [0.717, 1.165) is 18.5 Å². The number of hydrogen-bond acceptors (Lipinski definition) is 3. The Labute approximate surface area is 98.6 Å². The van der Waals surface area contributed by atoms with Gasteiger partial charge in [0, 0.05) is 18.9 Å². The van der Waals surface area contributed by atoms with Crippen LogP contribution in [0.5, 0.6) is 0 Å². The van der Waals surface area contributed by atoms with E-state index >= 15 is 0 Å². The van der Waals surface area contributed by atoms with Gasteiger partial charge >= 0.3 is 0 Å². The molecule has 0 spiro atoms. The number of fused-ring (bicyclic) bond motifs is 1. The van der Waals surface area contributed by atoms with Gasteiger partial charge in [-0.25, -0.2) is 10.0 Å². The van der Waals surface area contributed by atoms with Crippen molar-refractivity contribution in [2.45, 2.75) is 12.8 Å². The maximum atomic E-state index is 12.1. The lowest BCUT2D eigenvalue weighted by molar-refractivity contribution is -0.144. The third-order valence-electron chi connectivity index (χ3n) is 2.81. The number of nitrogens with zero attached hydrogens (tertiary/aromatic N) is 3. The summed E-state index contributed by atoms with van der Waals surface area (Å²) in [6, 6.07) is 5.67. The normalized spacial score (nSPS) is 16.4. The SMILES string of the molecule is O=C(c1cn2ccccc2n1)N1CCCCO1. The van der Waals surface area contributed by atoms with E-state index < -0.39 is 0 Å². The van der Waals surface area contributed by atoms with Crippen LogP contribution in [0.3, 0.4) is 0 Å². The molecular formula is C12H13N3O2. The molecule has 1 saturated heterocycles. The minimum absolute atomic E-state index is 0.159. The smallest absolute Gasteiger partial charge is 0.297 e. The number of carbonyl (C=O) groups excluding carboxylic acids is 1. The average Bonchev–Trinajstić information content (AvgIpc) is 2.82. The number of imidazole rings is 1. The van der Waals surface area contributed by atoms with E-state index in [0.29, 0.717) is 18.8 Å². The van der Waals surface area contributed by atoms with Gasteiger partial charge in [-0.2, -0.15) is 0 Å². The number of rotatable bonds is 1. The Balaban J connectivity index is 1.89. The van der Waals surface area contributed by atoms with Crippen LogP contribution in [0.2, 0.25) is 0 Å². The van der Waals surface area contributed by atoms with Crippen LogP contribution in [-0.4, -0.2) is 33.5 Å². The molecule has 5 heteroatoms. The van der Waals surface area contributed by atoms with Crippen molar-refractivity contribution in [3.63, 3.8) is 0 Å². The van der Waals surface area contributed by atoms with Crippen molar-refractivity contribution in [1.82, 2.24) is 14.4 Å². The summed E-state index contributed by atoms with van der Waals surface area (Å²) in [5, 5.41) is 1.41. The third-order valence-corrected chi connectivity index (χ3v) is 2.81. The first kappa shape index (κ1) is 10.3. The highest BCUT2D eigenvalue weighted by Crippen LogP contribution is 2.12. The standard InChI is InChI=1S/C12H13N3O2/c16-12(15-7-3-4-8-17-15)10-9-14-6-2-1-5-11(14)13-10/h1-2,5-6,9H,3-4,7-8H2. The molecule has 0 unspecified atom stereocenters. The molecule has 0 bridgehead atoms. The van der Waals surface area contributed by atoms with Crippen LogP contribution in [0, 0.1) is 0 Å². The van der Waals surface area contributed by atoms with Crippen LogP contribution >= 0.6 is 0 Å². The van der Waals surface area contributed by atoms with E-state index in [1.54, 1.807) is 6.20 Å². The highest BCUT2D eigenvalue weighted by molar-refractivity contribution is 5.92. The van der Waals surface area contributed by atoms with Crippen molar-refractivity contribution in [1.29, 1.82) is 0 Å². The van der Waals surface area contributed by atoms with Gasteiger partial charge < -0.3 is 4.40 Å². The molecule has 0 aliphatic carbocycles. The Hall–Kier alpha value is -1.88. The van der Waals surface area contributed by atoms with E-state index in [1.165, 1.54) is 5.06 Å². The molecule has 0 saturated carbocycles. The van der Waals surface area contributed by atoms with Crippen molar-refractivity contribution >= 4 is 11.6 Å². The summed E-state index contributed by atoms with van der Waals surface area (Å²) in [7, 11) is 0. The summed E-state index contributed by atoms with van der Waals surface area (Å²) in [6.45, 7) is 1.26. The second kappa shape index (κ2) is 4.18. The van der Waals surface area contributed by atoms with Crippen molar-refractivity contribution in [2.24, 2.45) is 0 Å². The van der Waals surface area contributed by atoms with Crippen LogP contribution < -0.4 is 0 Å². The third kappa shape index (κ3) is 1.89. The molecular weight excluding hydrogens is 218 g/mol. The molecule has 1 aliphatic rings. The van der Waals surface area contributed by atoms with E-state index in [2.05, 4.69) is 4.98 Å². The minimum Gasteiger partial charge on any atom is -0.306 e. The van der Waals surface area contributed by atoms with Gasteiger partial charge in [-0.1, -0.05) is 6.07 Å². The van der Waals surface area contributed by atoms with Crippen LogP contribution in [0.15, 0.2) is 30.6 Å². The zero-order valence-corrected chi connectivity index (χ0v) is 9.37. The first-order valence-corrected chi connectivity index (χ1v) is 5.73. The maximum Gasteiger partial charge on any atom is 0.297 e. The summed E-state index contributed by atoms with van der Waals surface area (Å²) in [6.07, 6.45) is 5.60. The zero-order chi connectivity index (χ0) is 11.7. The Bertz CT molecular complexity index is 510. The molecule has 88 valence electrons. The molecule has 17 heavy (non-hydrogen) atoms. The highest BCUT2D eigenvalue weighted by Gasteiger charge is 2.21. The lowest BCUT2D eigenvalue weighted by Crippen LogP contribution is -2.35. The molecule has 0 atom stereocenters. The summed E-state index contributed by atoms with van der Waals surface area (Å²) >= 11 is 0. The van der Waals surface area contributed by atoms with Gasteiger partial charge in [0.25, 0.3) is 5.91 Å². The second-order valence-corrected chi connectivity index (χ2v) is 4.04. The summed E-state index contributed by atoms with van der Waals surface area (Å²) < 4.78 is 1.83. The van der Waals surface area contributed by atoms with Gasteiger partial charge in [0.2, 0.25) is 0 Å². The van der Waals surface area contributed by atoms with Gasteiger partial charge in [0.15, 0.2) is 0 Å². The fourth-order valence-corrected chi connectivity index (χ4v) is 1.92. The van der Waals surface area contributed by atoms with Crippen molar-refractivity contribution in [3.8, 4) is 0 Å². The molecule has 0 radical (unpaired) electrons. The number of amides is 1. The molecule has 0 N–H and O–H groups in total. The topological polar surface area (TPSA) is 46.8 Å². The second-order valence-electron chi connectivity index (χ2n) is 4.04. The molecule has 3 rings (SSSR count). The predicted molar refractivity (Wildman–Crippen MR) is 61.4 cm³/mol. The molecule has 5 nitrogen and oxygen atoms in total. The maximum absolute atomic E-state index is 12.1. The van der Waals surface area contributed by atoms with E-state index in [1.807, 2.05) is 28.8 Å². The summed E-state index contributed by atoms with van der Waals surface area (Å²) in [5.74, 6) is -0.159. The Morgan fingerprint density at radius 1 is 1.35 bits per heavy atom. The Morgan fingerprint density at radius 3 is 3.06 bits per heavy atom. The van der Waals surface area contributed by atoms with E-state index in [9.17, 15) is 4.79 Å². The molecule has 0 aromatic carbocycles. The molecule has 1 aliphatic heterocycles. The largest absolute Gasteiger partial charge is 0.306 e. The number of hydrogen-bond donors (Lipinski definition) is 0.